The van der Waals surface area contributed by atoms with Crippen molar-refractivity contribution in [1.29, 1.82) is 0 Å². The smallest absolute Gasteiger partial charge is 0.122 e. The third kappa shape index (κ3) is 2.20. The number of hydrogen-bond donors (Lipinski definition) is 2. The van der Waals surface area contributed by atoms with E-state index >= 15 is 0 Å². The molecule has 3 heteroatoms. The van der Waals surface area contributed by atoms with Crippen molar-refractivity contribution < 1.29 is 9.84 Å². The van der Waals surface area contributed by atoms with Crippen LogP contribution >= 0.6 is 0 Å². The fourth-order valence-electron chi connectivity index (χ4n) is 2.19. The van der Waals surface area contributed by atoms with Gasteiger partial charge in [0.2, 0.25) is 0 Å². The number of benzene rings is 1. The molecular formula is C13H19NO2. The minimum Gasteiger partial charge on any atom is -0.496 e. The van der Waals surface area contributed by atoms with Gasteiger partial charge in [0.25, 0.3) is 0 Å². The summed E-state index contributed by atoms with van der Waals surface area (Å²) >= 11 is 0. The lowest BCUT2D eigenvalue weighted by atomic mass is 9.90. The summed E-state index contributed by atoms with van der Waals surface area (Å²) in [5, 5.41) is 10.2. The molecule has 1 aliphatic carbocycles. The molecule has 1 aliphatic rings. The van der Waals surface area contributed by atoms with Gasteiger partial charge in [-0.1, -0.05) is 18.2 Å². The Kier molecular flexibility index (Phi) is 3.46. The van der Waals surface area contributed by atoms with Crippen molar-refractivity contribution in [3.05, 3.63) is 29.8 Å². The van der Waals surface area contributed by atoms with Gasteiger partial charge in [0.05, 0.1) is 13.2 Å². The van der Waals surface area contributed by atoms with E-state index in [4.69, 9.17) is 10.5 Å². The monoisotopic (exact) mass is 221 g/mol. The van der Waals surface area contributed by atoms with Crippen molar-refractivity contribution in [2.45, 2.75) is 24.9 Å². The van der Waals surface area contributed by atoms with E-state index in [0.717, 1.165) is 24.2 Å². The second-order valence-corrected chi connectivity index (χ2v) is 4.41. The van der Waals surface area contributed by atoms with Gasteiger partial charge >= 0.3 is 0 Å². The molecule has 88 valence electrons. The lowest BCUT2D eigenvalue weighted by molar-refractivity contribution is 0.121. The summed E-state index contributed by atoms with van der Waals surface area (Å²) in [6.45, 7) is 0.456. The second kappa shape index (κ2) is 4.85. The maximum absolute atomic E-state index is 10.2. The van der Waals surface area contributed by atoms with Crippen LogP contribution in [0.15, 0.2) is 24.3 Å². The van der Waals surface area contributed by atoms with Gasteiger partial charge in [-0.05, 0) is 24.8 Å². The zero-order valence-corrected chi connectivity index (χ0v) is 9.60. The van der Waals surface area contributed by atoms with Gasteiger partial charge in [-0.15, -0.1) is 0 Å². The fraction of sp³-hybridized carbons (Fsp3) is 0.538. The molecule has 1 fully saturated rings. The molecule has 0 aliphatic heterocycles. The van der Waals surface area contributed by atoms with Crippen LogP contribution in [0.1, 0.15) is 24.3 Å². The highest BCUT2D eigenvalue weighted by Gasteiger charge is 2.36. The van der Waals surface area contributed by atoms with E-state index in [9.17, 15) is 5.11 Å². The Bertz CT molecular complexity index is 350. The first-order valence-corrected chi connectivity index (χ1v) is 5.79. The van der Waals surface area contributed by atoms with Crippen molar-refractivity contribution in [3.63, 3.8) is 0 Å². The average Bonchev–Trinajstić information content (AvgIpc) is 3.14. The Morgan fingerprint density at radius 1 is 1.44 bits per heavy atom. The summed E-state index contributed by atoms with van der Waals surface area (Å²) in [6.07, 6.45) is 1.90. The summed E-state index contributed by atoms with van der Waals surface area (Å²) in [5.74, 6) is 1.24. The molecule has 1 saturated carbocycles. The largest absolute Gasteiger partial charge is 0.496 e. The minimum atomic E-state index is -0.332. The summed E-state index contributed by atoms with van der Waals surface area (Å²) in [7, 11) is 1.65. The van der Waals surface area contributed by atoms with E-state index < -0.39 is 0 Å². The number of para-hydroxylation sites is 1. The highest BCUT2D eigenvalue weighted by molar-refractivity contribution is 5.37. The molecule has 0 radical (unpaired) electrons. The van der Waals surface area contributed by atoms with Gasteiger partial charge in [-0.3, -0.25) is 0 Å². The number of rotatable bonds is 5. The van der Waals surface area contributed by atoms with Crippen molar-refractivity contribution >= 4 is 0 Å². The Morgan fingerprint density at radius 3 is 2.69 bits per heavy atom. The number of nitrogens with two attached hydrogens (primary N) is 1. The predicted molar refractivity (Wildman–Crippen MR) is 63.5 cm³/mol. The molecule has 0 saturated heterocycles. The molecular weight excluding hydrogens is 202 g/mol. The summed E-state index contributed by atoms with van der Waals surface area (Å²) in [6, 6.07) is 7.79. The van der Waals surface area contributed by atoms with Gasteiger partial charge < -0.3 is 15.6 Å². The first-order valence-electron chi connectivity index (χ1n) is 5.79. The Morgan fingerprint density at radius 2 is 2.12 bits per heavy atom. The highest BCUT2D eigenvalue weighted by Crippen LogP contribution is 2.40. The fourth-order valence-corrected chi connectivity index (χ4v) is 2.19. The summed E-state index contributed by atoms with van der Waals surface area (Å²) in [4.78, 5) is 0. The standard InChI is InChI=1S/C13H19NO2/c1-16-12-5-3-2-4-10(12)11(8-14)13(15)9-6-7-9/h2-5,9,11,13,15H,6-8,14H2,1H3. The molecule has 0 bridgehead atoms. The molecule has 2 atom stereocenters. The van der Waals surface area contributed by atoms with Gasteiger partial charge in [-0.25, -0.2) is 0 Å². The van der Waals surface area contributed by atoms with Gasteiger partial charge in [-0.2, -0.15) is 0 Å². The van der Waals surface area contributed by atoms with Crippen LogP contribution < -0.4 is 10.5 Å². The summed E-state index contributed by atoms with van der Waals surface area (Å²) in [5.41, 5.74) is 6.80. The normalized spacial score (nSPS) is 19.2. The maximum atomic E-state index is 10.2. The number of aliphatic hydroxyl groups excluding tert-OH is 1. The van der Waals surface area contributed by atoms with Gasteiger partial charge in [0, 0.05) is 18.0 Å². The third-order valence-corrected chi connectivity index (χ3v) is 3.31. The number of ether oxygens (including phenoxy) is 1. The number of hydrogen-bond acceptors (Lipinski definition) is 3. The zero-order valence-electron chi connectivity index (χ0n) is 9.60. The third-order valence-electron chi connectivity index (χ3n) is 3.31. The van der Waals surface area contributed by atoms with Crippen LogP contribution in [0.5, 0.6) is 5.75 Å². The topological polar surface area (TPSA) is 55.5 Å². The van der Waals surface area contributed by atoms with Gasteiger partial charge in [0.15, 0.2) is 0 Å². The Balaban J connectivity index is 2.24. The molecule has 0 amide bonds. The molecule has 2 rings (SSSR count). The molecule has 0 aromatic heterocycles. The molecule has 1 aromatic rings. The molecule has 16 heavy (non-hydrogen) atoms. The van der Waals surface area contributed by atoms with E-state index in [1.807, 2.05) is 24.3 Å². The lowest BCUT2D eigenvalue weighted by Gasteiger charge is -2.23. The Hall–Kier alpha value is -1.06. The number of aliphatic hydroxyl groups is 1. The van der Waals surface area contributed by atoms with E-state index in [0.29, 0.717) is 12.5 Å². The number of methoxy groups -OCH3 is 1. The SMILES string of the molecule is COc1ccccc1C(CN)C(O)C1CC1. The van der Waals surface area contributed by atoms with E-state index in [2.05, 4.69) is 0 Å². The van der Waals surface area contributed by atoms with Crippen LogP contribution in [0.4, 0.5) is 0 Å². The van der Waals surface area contributed by atoms with Crippen LogP contribution in [0.25, 0.3) is 0 Å². The molecule has 1 aromatic carbocycles. The van der Waals surface area contributed by atoms with E-state index in [-0.39, 0.29) is 12.0 Å². The minimum absolute atomic E-state index is 0.0105. The van der Waals surface area contributed by atoms with E-state index in [1.165, 1.54) is 0 Å². The molecule has 0 spiro atoms. The van der Waals surface area contributed by atoms with Crippen molar-refractivity contribution in [2.75, 3.05) is 13.7 Å². The zero-order chi connectivity index (χ0) is 11.5. The van der Waals surface area contributed by atoms with Crippen LogP contribution in [0.2, 0.25) is 0 Å². The van der Waals surface area contributed by atoms with Crippen LogP contribution in [-0.4, -0.2) is 24.9 Å². The first-order chi connectivity index (χ1) is 7.77. The molecule has 3 N–H and O–H groups in total. The maximum Gasteiger partial charge on any atom is 0.122 e. The first kappa shape index (κ1) is 11.4. The van der Waals surface area contributed by atoms with Crippen LogP contribution in [0.3, 0.4) is 0 Å². The summed E-state index contributed by atoms with van der Waals surface area (Å²) < 4.78 is 5.31. The van der Waals surface area contributed by atoms with Crippen LogP contribution in [0, 0.1) is 5.92 Å². The molecule has 0 heterocycles. The van der Waals surface area contributed by atoms with Crippen molar-refractivity contribution in [1.82, 2.24) is 0 Å². The van der Waals surface area contributed by atoms with Crippen molar-refractivity contribution in [3.8, 4) is 5.75 Å². The average molecular weight is 221 g/mol. The predicted octanol–water partition coefficient (Wildman–Crippen LogP) is 1.51. The molecule has 2 unspecified atom stereocenters. The van der Waals surface area contributed by atoms with Crippen LogP contribution in [-0.2, 0) is 0 Å². The molecule has 3 nitrogen and oxygen atoms in total. The van der Waals surface area contributed by atoms with E-state index in [1.54, 1.807) is 7.11 Å². The quantitative estimate of drug-likeness (QED) is 0.792. The van der Waals surface area contributed by atoms with Crippen molar-refractivity contribution in [2.24, 2.45) is 11.7 Å². The second-order valence-electron chi connectivity index (χ2n) is 4.41. The Labute approximate surface area is 96.2 Å². The van der Waals surface area contributed by atoms with Gasteiger partial charge in [0.1, 0.15) is 5.75 Å². The highest BCUT2D eigenvalue weighted by atomic mass is 16.5. The lowest BCUT2D eigenvalue weighted by Crippen LogP contribution is -2.27.